The number of hydrogen-bond donors (Lipinski definition) is 0. The molecule has 1 aliphatic rings. The van der Waals surface area contributed by atoms with Crippen molar-refractivity contribution in [1.29, 1.82) is 0 Å². The van der Waals surface area contributed by atoms with E-state index in [4.69, 9.17) is 18.9 Å². The minimum absolute atomic E-state index is 0.145. The molecule has 3 rings (SSSR count). The summed E-state index contributed by atoms with van der Waals surface area (Å²) in [5.74, 6) is 0.794. The van der Waals surface area contributed by atoms with Gasteiger partial charge in [0, 0.05) is 43.7 Å². The van der Waals surface area contributed by atoms with Crippen molar-refractivity contribution in [2.24, 2.45) is 0 Å². The number of rotatable bonds is 8. The summed E-state index contributed by atoms with van der Waals surface area (Å²) in [6.45, 7) is 2.93. The second kappa shape index (κ2) is 9.49. The Morgan fingerprint density at radius 1 is 1.31 bits per heavy atom. The molecule has 1 saturated heterocycles. The largest absolute Gasteiger partial charge is 0.487 e. The standard InChI is InChI=1S/C21H25N3O5/c1-14(12-24(2)3)20(25)19-15(6-5-7-22-19)13-29-17-11-23-18(26-4)10-16(17)21-27-8-9-28-21/h5-7,10-12,21H,8-9,13H2,1-4H3. The average Bonchev–Trinajstić information content (AvgIpc) is 3.26. The van der Waals surface area contributed by atoms with Crippen LogP contribution in [0.4, 0.5) is 0 Å². The van der Waals surface area contributed by atoms with Crippen LogP contribution < -0.4 is 9.47 Å². The molecular formula is C21H25N3O5. The van der Waals surface area contributed by atoms with Gasteiger partial charge in [-0.15, -0.1) is 0 Å². The summed E-state index contributed by atoms with van der Waals surface area (Å²) in [5.41, 5.74) is 2.32. The van der Waals surface area contributed by atoms with Crippen LogP contribution in [0.5, 0.6) is 11.6 Å². The van der Waals surface area contributed by atoms with E-state index in [9.17, 15) is 4.79 Å². The molecule has 0 saturated carbocycles. The summed E-state index contributed by atoms with van der Waals surface area (Å²) < 4.78 is 22.4. The number of Topliss-reactive ketones (excluding diaryl/α,β-unsaturated/α-hetero) is 1. The van der Waals surface area contributed by atoms with Crippen molar-refractivity contribution < 1.29 is 23.7 Å². The molecule has 8 heteroatoms. The zero-order valence-electron chi connectivity index (χ0n) is 17.0. The van der Waals surface area contributed by atoms with Crippen LogP contribution in [0.1, 0.15) is 34.8 Å². The fraction of sp³-hybridized carbons (Fsp3) is 0.381. The molecule has 0 N–H and O–H groups in total. The Labute approximate surface area is 170 Å². The number of carbonyl (C=O) groups is 1. The summed E-state index contributed by atoms with van der Waals surface area (Å²) in [7, 11) is 5.27. The SMILES string of the molecule is COc1cc(C2OCCO2)c(OCc2cccnc2C(=O)C(C)=CN(C)C)cn1. The monoisotopic (exact) mass is 399 g/mol. The van der Waals surface area contributed by atoms with Crippen LogP contribution in [0.25, 0.3) is 0 Å². The molecule has 0 unspecified atom stereocenters. The highest BCUT2D eigenvalue weighted by Gasteiger charge is 2.24. The Balaban J connectivity index is 1.83. The molecule has 2 aromatic rings. The van der Waals surface area contributed by atoms with Crippen LogP contribution in [-0.4, -0.2) is 55.1 Å². The summed E-state index contributed by atoms with van der Waals surface area (Å²) >= 11 is 0. The van der Waals surface area contributed by atoms with Crippen molar-refractivity contribution in [3.05, 3.63) is 59.2 Å². The van der Waals surface area contributed by atoms with Crippen molar-refractivity contribution >= 4 is 5.78 Å². The van der Waals surface area contributed by atoms with E-state index in [0.29, 0.717) is 47.2 Å². The van der Waals surface area contributed by atoms with Gasteiger partial charge >= 0.3 is 0 Å². The van der Waals surface area contributed by atoms with Gasteiger partial charge in [0.15, 0.2) is 6.29 Å². The minimum atomic E-state index is -0.540. The number of carbonyl (C=O) groups excluding carboxylic acids is 1. The lowest BCUT2D eigenvalue weighted by Gasteiger charge is -2.17. The fourth-order valence-corrected chi connectivity index (χ4v) is 2.94. The molecule has 0 spiro atoms. The molecule has 1 fully saturated rings. The summed E-state index contributed by atoms with van der Waals surface area (Å²) in [4.78, 5) is 23.1. The normalized spacial score (nSPS) is 14.7. The molecule has 0 aromatic carbocycles. The highest BCUT2D eigenvalue weighted by molar-refractivity contribution is 6.07. The summed E-state index contributed by atoms with van der Waals surface area (Å²) in [6.07, 6.45) is 4.39. The predicted molar refractivity (Wildman–Crippen MR) is 106 cm³/mol. The number of methoxy groups -OCH3 is 1. The molecule has 0 amide bonds. The van der Waals surface area contributed by atoms with Gasteiger partial charge in [-0.2, -0.15) is 0 Å². The molecule has 8 nitrogen and oxygen atoms in total. The highest BCUT2D eigenvalue weighted by Crippen LogP contribution is 2.33. The van der Waals surface area contributed by atoms with E-state index in [1.165, 1.54) is 0 Å². The predicted octanol–water partition coefficient (Wildman–Crippen LogP) is 2.76. The lowest BCUT2D eigenvalue weighted by atomic mass is 10.1. The molecule has 0 bridgehead atoms. The molecule has 0 radical (unpaired) electrons. The van der Waals surface area contributed by atoms with Gasteiger partial charge in [-0.3, -0.25) is 9.78 Å². The van der Waals surface area contributed by atoms with Crippen molar-refractivity contribution in [2.75, 3.05) is 34.4 Å². The van der Waals surface area contributed by atoms with Gasteiger partial charge < -0.3 is 23.8 Å². The number of allylic oxidation sites excluding steroid dienone is 1. The Bertz CT molecular complexity index is 892. The van der Waals surface area contributed by atoms with Gasteiger partial charge in [0.2, 0.25) is 11.7 Å². The maximum Gasteiger partial charge on any atom is 0.213 e. The number of nitrogens with zero attached hydrogens (tertiary/aromatic N) is 3. The van der Waals surface area contributed by atoms with Crippen LogP contribution in [0, 0.1) is 0 Å². The molecule has 0 atom stereocenters. The first-order valence-corrected chi connectivity index (χ1v) is 9.23. The Morgan fingerprint density at radius 3 is 2.76 bits per heavy atom. The average molecular weight is 399 g/mol. The molecule has 2 aromatic heterocycles. The van der Waals surface area contributed by atoms with Crippen LogP contribution in [-0.2, 0) is 16.1 Å². The van der Waals surface area contributed by atoms with E-state index in [1.807, 2.05) is 25.1 Å². The van der Waals surface area contributed by atoms with Gasteiger partial charge in [-0.25, -0.2) is 4.98 Å². The summed E-state index contributed by atoms with van der Waals surface area (Å²) in [5, 5.41) is 0. The number of ketones is 1. The molecule has 3 heterocycles. The third-order valence-electron chi connectivity index (χ3n) is 4.26. The van der Waals surface area contributed by atoms with Gasteiger partial charge in [0.25, 0.3) is 0 Å². The van der Waals surface area contributed by atoms with E-state index in [2.05, 4.69) is 9.97 Å². The maximum atomic E-state index is 12.8. The first-order chi connectivity index (χ1) is 14.0. The Morgan fingerprint density at radius 2 is 2.07 bits per heavy atom. The van der Waals surface area contributed by atoms with Crippen molar-refractivity contribution in [3.63, 3.8) is 0 Å². The first kappa shape index (κ1) is 20.8. The van der Waals surface area contributed by atoms with E-state index in [-0.39, 0.29) is 12.4 Å². The third-order valence-corrected chi connectivity index (χ3v) is 4.26. The molecule has 0 aliphatic carbocycles. The van der Waals surface area contributed by atoms with Crippen LogP contribution in [0.15, 0.2) is 42.4 Å². The first-order valence-electron chi connectivity index (χ1n) is 9.23. The Hall–Kier alpha value is -2.97. The van der Waals surface area contributed by atoms with Gasteiger partial charge in [0.05, 0.1) is 32.1 Å². The zero-order chi connectivity index (χ0) is 20.8. The van der Waals surface area contributed by atoms with Crippen LogP contribution >= 0.6 is 0 Å². The summed E-state index contributed by atoms with van der Waals surface area (Å²) in [6, 6.07) is 5.32. The second-order valence-corrected chi connectivity index (χ2v) is 6.74. The molecule has 1 aliphatic heterocycles. The van der Waals surface area contributed by atoms with E-state index < -0.39 is 6.29 Å². The van der Waals surface area contributed by atoms with Gasteiger partial charge in [-0.05, 0) is 13.0 Å². The van der Waals surface area contributed by atoms with Gasteiger partial charge in [-0.1, -0.05) is 6.07 Å². The van der Waals surface area contributed by atoms with Crippen LogP contribution in [0.2, 0.25) is 0 Å². The van der Waals surface area contributed by atoms with E-state index >= 15 is 0 Å². The number of pyridine rings is 2. The van der Waals surface area contributed by atoms with Crippen molar-refractivity contribution in [1.82, 2.24) is 14.9 Å². The minimum Gasteiger partial charge on any atom is -0.487 e. The number of ether oxygens (including phenoxy) is 4. The topological polar surface area (TPSA) is 83.0 Å². The lowest BCUT2D eigenvalue weighted by molar-refractivity contribution is -0.0461. The third kappa shape index (κ3) is 5.10. The lowest BCUT2D eigenvalue weighted by Crippen LogP contribution is -2.13. The van der Waals surface area contributed by atoms with Crippen molar-refractivity contribution in [2.45, 2.75) is 19.8 Å². The fourth-order valence-electron chi connectivity index (χ4n) is 2.94. The maximum absolute atomic E-state index is 12.8. The zero-order valence-corrected chi connectivity index (χ0v) is 17.0. The smallest absolute Gasteiger partial charge is 0.213 e. The Kier molecular flexibility index (Phi) is 6.79. The second-order valence-electron chi connectivity index (χ2n) is 6.74. The number of hydrogen-bond acceptors (Lipinski definition) is 8. The molecule has 154 valence electrons. The molecular weight excluding hydrogens is 374 g/mol. The quantitative estimate of drug-likeness (QED) is 0.495. The molecule has 29 heavy (non-hydrogen) atoms. The van der Waals surface area contributed by atoms with Crippen molar-refractivity contribution in [3.8, 4) is 11.6 Å². The number of aromatic nitrogens is 2. The van der Waals surface area contributed by atoms with E-state index in [1.54, 1.807) is 44.8 Å². The van der Waals surface area contributed by atoms with E-state index in [0.717, 1.165) is 0 Å². The highest BCUT2D eigenvalue weighted by atomic mass is 16.7. The van der Waals surface area contributed by atoms with Crippen LogP contribution in [0.3, 0.4) is 0 Å². The van der Waals surface area contributed by atoms with Gasteiger partial charge in [0.1, 0.15) is 18.1 Å².